The summed E-state index contributed by atoms with van der Waals surface area (Å²) in [5.41, 5.74) is 0.0391. The number of fused-ring (bicyclic) bond motifs is 1. The molecule has 0 saturated carbocycles. The number of hydrogen-bond acceptors (Lipinski definition) is 8. The number of ketones is 1. The minimum atomic E-state index is -1.25. The summed E-state index contributed by atoms with van der Waals surface area (Å²) < 4.78 is 11.9. The van der Waals surface area contributed by atoms with Crippen molar-refractivity contribution < 1.29 is 29.3 Å². The van der Waals surface area contributed by atoms with Gasteiger partial charge in [0.05, 0.1) is 46.5 Å². The molecule has 0 amide bonds. The highest BCUT2D eigenvalue weighted by atomic mass is 32.1. The highest BCUT2D eigenvalue weighted by Gasteiger charge is 2.52. The van der Waals surface area contributed by atoms with Crippen LogP contribution in [0.5, 0.6) is 0 Å². The van der Waals surface area contributed by atoms with E-state index in [1.165, 1.54) is 0 Å². The third-order valence-electron chi connectivity index (χ3n) is 7.51. The zero-order valence-corrected chi connectivity index (χ0v) is 22.6. The number of carbonyl (C=O) groups is 2. The molecular formula is C27H39NO6S. The second-order valence-corrected chi connectivity index (χ2v) is 12.0. The van der Waals surface area contributed by atoms with Gasteiger partial charge in [0.1, 0.15) is 11.9 Å². The number of rotatable bonds is 2. The molecule has 0 radical (unpaired) electrons. The maximum Gasteiger partial charge on any atom is 0.309 e. The number of aromatic nitrogens is 1. The summed E-state index contributed by atoms with van der Waals surface area (Å²) in [7, 11) is 0. The molecule has 2 N–H and O–H groups in total. The first-order chi connectivity index (χ1) is 16.2. The number of aryl methyl sites for hydroxylation is 1. The Kier molecular flexibility index (Phi) is 8.41. The first-order valence-corrected chi connectivity index (χ1v) is 13.2. The number of Topliss-reactive ketones (excluding diaryl/α,β-unsaturated/α-hetero) is 1. The third-order valence-corrected chi connectivity index (χ3v) is 8.30. The summed E-state index contributed by atoms with van der Waals surface area (Å²) in [5, 5.41) is 24.5. The van der Waals surface area contributed by atoms with E-state index in [4.69, 9.17) is 9.47 Å². The molecule has 2 aliphatic heterocycles. The average molecular weight is 506 g/mol. The van der Waals surface area contributed by atoms with E-state index in [1.807, 2.05) is 51.3 Å². The van der Waals surface area contributed by atoms with Gasteiger partial charge < -0.3 is 19.7 Å². The van der Waals surface area contributed by atoms with Crippen LogP contribution < -0.4 is 0 Å². The second-order valence-electron chi connectivity index (χ2n) is 10.9. The molecule has 0 aromatic carbocycles. The Labute approximate surface area is 212 Å². The molecule has 194 valence electrons. The summed E-state index contributed by atoms with van der Waals surface area (Å²) in [6, 6.07) is 0. The molecule has 1 aromatic rings. The number of ether oxygens (including phenoxy) is 2. The molecule has 7 atom stereocenters. The average Bonchev–Trinajstić information content (AvgIpc) is 3.22. The Bertz CT molecular complexity index is 998. The van der Waals surface area contributed by atoms with Gasteiger partial charge in [-0.15, -0.1) is 11.3 Å². The smallest absolute Gasteiger partial charge is 0.309 e. The van der Waals surface area contributed by atoms with Gasteiger partial charge in [-0.2, -0.15) is 0 Å². The molecule has 0 unspecified atom stereocenters. The Morgan fingerprint density at radius 1 is 1.23 bits per heavy atom. The molecule has 3 rings (SSSR count). The van der Waals surface area contributed by atoms with Crippen molar-refractivity contribution in [3.63, 3.8) is 0 Å². The maximum absolute atomic E-state index is 13.2. The number of aliphatic hydroxyl groups is 2. The number of cyclic esters (lactones) is 1. The van der Waals surface area contributed by atoms with Gasteiger partial charge in [0.25, 0.3) is 0 Å². The Balaban J connectivity index is 1.89. The van der Waals surface area contributed by atoms with E-state index in [-0.39, 0.29) is 29.8 Å². The highest BCUT2D eigenvalue weighted by molar-refractivity contribution is 7.09. The number of aliphatic hydroxyl groups excluding tert-OH is 2. The van der Waals surface area contributed by atoms with Gasteiger partial charge in [-0.1, -0.05) is 39.8 Å². The highest BCUT2D eigenvalue weighted by Crippen LogP contribution is 2.44. The molecule has 1 aromatic heterocycles. The molecule has 3 heterocycles. The number of epoxide rings is 1. The molecule has 0 bridgehead atoms. The minimum absolute atomic E-state index is 0.0968. The lowest BCUT2D eigenvalue weighted by atomic mass is 9.73. The van der Waals surface area contributed by atoms with Gasteiger partial charge in [0.15, 0.2) is 0 Å². The first kappa shape index (κ1) is 27.7. The van der Waals surface area contributed by atoms with Crippen molar-refractivity contribution in [3.05, 3.63) is 33.8 Å². The second kappa shape index (κ2) is 10.6. The van der Waals surface area contributed by atoms with Crippen LogP contribution in [0.15, 0.2) is 23.1 Å². The Morgan fingerprint density at radius 3 is 2.54 bits per heavy atom. The maximum atomic E-state index is 13.2. The quantitative estimate of drug-likeness (QED) is 0.351. The summed E-state index contributed by atoms with van der Waals surface area (Å²) in [5.74, 6) is -1.83. The van der Waals surface area contributed by atoms with E-state index in [9.17, 15) is 19.8 Å². The topological polar surface area (TPSA) is 109 Å². The van der Waals surface area contributed by atoms with Crippen molar-refractivity contribution in [2.45, 2.75) is 97.7 Å². The van der Waals surface area contributed by atoms with Crippen LogP contribution in [-0.4, -0.2) is 57.0 Å². The predicted octanol–water partition coefficient (Wildman–Crippen LogP) is 4.25. The van der Waals surface area contributed by atoms with Crippen LogP contribution in [0.3, 0.4) is 0 Å². The van der Waals surface area contributed by atoms with Gasteiger partial charge >= 0.3 is 5.97 Å². The number of hydrogen-bond donors (Lipinski definition) is 2. The van der Waals surface area contributed by atoms with Gasteiger partial charge in [-0.25, -0.2) is 4.98 Å². The van der Waals surface area contributed by atoms with Crippen LogP contribution in [-0.2, 0) is 19.1 Å². The fourth-order valence-corrected chi connectivity index (χ4v) is 5.24. The van der Waals surface area contributed by atoms with E-state index in [0.717, 1.165) is 16.3 Å². The zero-order chi connectivity index (χ0) is 26.1. The molecule has 7 nitrogen and oxygen atoms in total. The van der Waals surface area contributed by atoms with Gasteiger partial charge in [0.2, 0.25) is 0 Å². The van der Waals surface area contributed by atoms with Gasteiger partial charge in [0, 0.05) is 23.6 Å². The van der Waals surface area contributed by atoms with E-state index in [2.05, 4.69) is 4.98 Å². The summed E-state index contributed by atoms with van der Waals surface area (Å²) >= 11 is 1.55. The molecule has 8 heteroatoms. The molecule has 0 aliphatic carbocycles. The lowest BCUT2D eigenvalue weighted by Crippen LogP contribution is -2.45. The lowest BCUT2D eigenvalue weighted by Gasteiger charge is -2.34. The monoisotopic (exact) mass is 505 g/mol. The van der Waals surface area contributed by atoms with Crippen molar-refractivity contribution in [3.8, 4) is 0 Å². The van der Waals surface area contributed by atoms with Crippen LogP contribution in [0.1, 0.15) is 71.5 Å². The van der Waals surface area contributed by atoms with Crippen LogP contribution in [0, 0.1) is 24.2 Å². The van der Waals surface area contributed by atoms with Crippen molar-refractivity contribution in [1.82, 2.24) is 4.98 Å². The van der Waals surface area contributed by atoms with Crippen LogP contribution >= 0.6 is 11.3 Å². The third kappa shape index (κ3) is 6.47. The Hall–Kier alpha value is -1.87. The van der Waals surface area contributed by atoms with Gasteiger partial charge in [-0.3, -0.25) is 9.59 Å². The van der Waals surface area contributed by atoms with Crippen LogP contribution in [0.2, 0.25) is 0 Å². The summed E-state index contributed by atoms with van der Waals surface area (Å²) in [6.45, 7) is 12.6. The van der Waals surface area contributed by atoms with Gasteiger partial charge in [-0.05, 0) is 38.8 Å². The molecule has 1 saturated heterocycles. The molecule has 1 fully saturated rings. The van der Waals surface area contributed by atoms with Crippen LogP contribution in [0.4, 0.5) is 0 Å². The fourth-order valence-electron chi connectivity index (χ4n) is 4.67. The molecule has 2 aliphatic rings. The van der Waals surface area contributed by atoms with E-state index in [1.54, 1.807) is 32.1 Å². The first-order valence-electron chi connectivity index (χ1n) is 12.3. The zero-order valence-electron chi connectivity index (χ0n) is 21.8. The molecule has 0 spiro atoms. The summed E-state index contributed by atoms with van der Waals surface area (Å²) in [4.78, 5) is 30.6. The fraction of sp³-hybridized carbons (Fsp3) is 0.667. The standard InChI is InChI=1S/C27H39NO6S/c1-15-9-8-10-27(7)22(34-27)12-20(16(2)11-19-14-35-18(4)28-19)33-23(30)13-21(29)26(5,6)25(32)17(3)24(15)31/h8-9,11,14-15,17,20-22,24,29,31H,10,12-13H2,1-7H3/t15-,17+,20-,21-,22+,24-,27-/m0/s1. The van der Waals surface area contributed by atoms with Crippen molar-refractivity contribution in [2.24, 2.45) is 17.3 Å². The van der Waals surface area contributed by atoms with Crippen molar-refractivity contribution in [1.29, 1.82) is 0 Å². The summed E-state index contributed by atoms with van der Waals surface area (Å²) in [6.07, 6.45) is 3.84. The minimum Gasteiger partial charge on any atom is -0.458 e. The molecule has 35 heavy (non-hydrogen) atoms. The number of carbonyl (C=O) groups excluding carboxylic acids is 2. The lowest BCUT2D eigenvalue weighted by molar-refractivity contribution is -0.154. The number of nitrogens with zero attached hydrogens (tertiary/aromatic N) is 1. The largest absolute Gasteiger partial charge is 0.458 e. The van der Waals surface area contributed by atoms with Crippen LogP contribution in [0.25, 0.3) is 6.08 Å². The predicted molar refractivity (Wildman–Crippen MR) is 136 cm³/mol. The van der Waals surface area contributed by atoms with Crippen molar-refractivity contribution in [2.75, 3.05) is 0 Å². The van der Waals surface area contributed by atoms with E-state index in [0.29, 0.717) is 12.8 Å². The molecular weight excluding hydrogens is 466 g/mol. The van der Waals surface area contributed by atoms with Crippen molar-refractivity contribution >= 4 is 29.2 Å². The SMILES string of the molecule is CC(=Cc1csc(C)n1)[C@@H]1C[C@H]2O[C@@]2(C)CC=C[C@H](C)[C@H](O)[C@@H](C)C(=O)C(C)(C)[C@@H](O)CC(=O)O1. The number of esters is 1. The normalized spacial score (nSPS) is 37.0. The number of thiazole rings is 1. The van der Waals surface area contributed by atoms with E-state index >= 15 is 0 Å². The Morgan fingerprint density at radius 2 is 1.91 bits per heavy atom. The van der Waals surface area contributed by atoms with E-state index < -0.39 is 35.6 Å².